The highest BCUT2D eigenvalue weighted by Gasteiger charge is 1.93. The maximum absolute atomic E-state index is 5.60. The number of hydrogen-bond acceptors (Lipinski definition) is 2. The van der Waals surface area contributed by atoms with Gasteiger partial charge in [-0.3, -0.25) is 0 Å². The summed E-state index contributed by atoms with van der Waals surface area (Å²) in [6.45, 7) is 1.89. The Labute approximate surface area is 66.3 Å². The second-order valence-corrected chi connectivity index (χ2v) is 2.13. The highest BCUT2D eigenvalue weighted by Crippen LogP contribution is 2.19. The second-order valence-electron chi connectivity index (χ2n) is 2.13. The van der Waals surface area contributed by atoms with E-state index in [0.29, 0.717) is 11.4 Å². The number of nitrogens with two attached hydrogens (primary N) is 1. The maximum Gasteiger partial charge on any atom is 0.149 e. The number of para-hydroxylation sites is 2. The Morgan fingerprint density at radius 2 is 2.09 bits per heavy atom. The van der Waals surface area contributed by atoms with Crippen LogP contribution in [0.4, 0.5) is 5.69 Å². The molecule has 0 bridgehead atoms. The molecule has 11 heavy (non-hydrogen) atoms. The first-order chi connectivity index (χ1) is 5.34. The van der Waals surface area contributed by atoms with Gasteiger partial charge in [0.1, 0.15) is 5.75 Å². The van der Waals surface area contributed by atoms with E-state index in [9.17, 15) is 0 Å². The van der Waals surface area contributed by atoms with Crippen molar-refractivity contribution in [1.82, 2.24) is 0 Å². The Kier molecular flexibility index (Phi) is 2.55. The molecule has 1 aromatic rings. The van der Waals surface area contributed by atoms with Crippen LogP contribution < -0.4 is 10.5 Å². The van der Waals surface area contributed by atoms with E-state index in [4.69, 9.17) is 10.5 Å². The fourth-order valence-electron chi connectivity index (χ4n) is 0.729. The van der Waals surface area contributed by atoms with Crippen molar-refractivity contribution in [2.75, 3.05) is 5.73 Å². The van der Waals surface area contributed by atoms with Crippen molar-refractivity contribution < 1.29 is 4.74 Å². The normalized spacial score (nSPS) is 10.3. The molecule has 0 unspecified atom stereocenters. The molecule has 1 aromatic carbocycles. The molecule has 2 nitrogen and oxygen atoms in total. The summed E-state index contributed by atoms with van der Waals surface area (Å²) in [5.74, 6) is 0.700. The summed E-state index contributed by atoms with van der Waals surface area (Å²) in [4.78, 5) is 0. The lowest BCUT2D eigenvalue weighted by Gasteiger charge is -2.01. The third kappa shape index (κ3) is 2.00. The summed E-state index contributed by atoms with van der Waals surface area (Å²) in [5.41, 5.74) is 6.26. The van der Waals surface area contributed by atoms with Gasteiger partial charge in [0.2, 0.25) is 0 Å². The molecule has 0 aliphatic heterocycles. The van der Waals surface area contributed by atoms with Gasteiger partial charge in [-0.05, 0) is 19.1 Å². The third-order valence-corrected chi connectivity index (χ3v) is 1.25. The third-order valence-electron chi connectivity index (χ3n) is 1.25. The first-order valence-electron chi connectivity index (χ1n) is 3.47. The number of hydrogen-bond donors (Lipinski definition) is 1. The van der Waals surface area contributed by atoms with Crippen molar-refractivity contribution in [3.8, 4) is 5.75 Å². The molecule has 2 heteroatoms. The van der Waals surface area contributed by atoms with Crippen molar-refractivity contribution in [1.29, 1.82) is 0 Å². The van der Waals surface area contributed by atoms with Crippen LogP contribution >= 0.6 is 0 Å². The quantitative estimate of drug-likeness (QED) is 0.516. The van der Waals surface area contributed by atoms with Crippen LogP contribution in [0.2, 0.25) is 0 Å². The fraction of sp³-hybridized carbons (Fsp3) is 0.111. The minimum Gasteiger partial charge on any atom is -0.463 e. The summed E-state index contributed by atoms with van der Waals surface area (Å²) in [7, 11) is 0. The SMILES string of the molecule is C/C=C\Oc1ccccc1N. The molecule has 0 saturated carbocycles. The Morgan fingerprint density at radius 1 is 1.36 bits per heavy atom. The topological polar surface area (TPSA) is 35.2 Å². The molecule has 0 heterocycles. The van der Waals surface area contributed by atoms with Crippen LogP contribution in [0.5, 0.6) is 5.75 Å². The van der Waals surface area contributed by atoms with Crippen molar-refractivity contribution in [3.05, 3.63) is 36.6 Å². The lowest BCUT2D eigenvalue weighted by molar-refractivity contribution is 0.483. The van der Waals surface area contributed by atoms with Gasteiger partial charge < -0.3 is 10.5 Å². The van der Waals surface area contributed by atoms with Gasteiger partial charge >= 0.3 is 0 Å². The summed E-state index contributed by atoms with van der Waals surface area (Å²) in [6, 6.07) is 7.39. The molecule has 0 aliphatic rings. The molecule has 0 spiro atoms. The Hall–Kier alpha value is -1.44. The molecule has 0 aromatic heterocycles. The fourth-order valence-corrected chi connectivity index (χ4v) is 0.729. The first kappa shape index (κ1) is 7.66. The monoisotopic (exact) mass is 149 g/mol. The van der Waals surface area contributed by atoms with E-state index in [1.165, 1.54) is 0 Å². The highest BCUT2D eigenvalue weighted by atomic mass is 16.5. The van der Waals surface area contributed by atoms with Gasteiger partial charge in [-0.1, -0.05) is 18.2 Å². The van der Waals surface area contributed by atoms with Gasteiger partial charge in [0.25, 0.3) is 0 Å². The van der Waals surface area contributed by atoms with E-state index < -0.39 is 0 Å². The van der Waals surface area contributed by atoms with E-state index in [1.54, 1.807) is 12.3 Å². The van der Waals surface area contributed by atoms with Crippen molar-refractivity contribution in [2.24, 2.45) is 0 Å². The zero-order valence-corrected chi connectivity index (χ0v) is 6.45. The van der Waals surface area contributed by atoms with Crippen LogP contribution in [0.1, 0.15) is 6.92 Å². The highest BCUT2D eigenvalue weighted by molar-refractivity contribution is 5.52. The van der Waals surface area contributed by atoms with Crippen LogP contribution in [0.15, 0.2) is 36.6 Å². The van der Waals surface area contributed by atoms with Crippen LogP contribution in [0.3, 0.4) is 0 Å². The molecule has 0 aliphatic carbocycles. The van der Waals surface area contributed by atoms with Crippen LogP contribution in [0, 0.1) is 0 Å². The lowest BCUT2D eigenvalue weighted by Crippen LogP contribution is -1.89. The van der Waals surface area contributed by atoms with Gasteiger partial charge in [0.15, 0.2) is 0 Å². The predicted octanol–water partition coefficient (Wildman–Crippen LogP) is 2.18. The minimum absolute atomic E-state index is 0.658. The van der Waals surface area contributed by atoms with Crippen LogP contribution in [-0.4, -0.2) is 0 Å². The van der Waals surface area contributed by atoms with Crippen LogP contribution in [-0.2, 0) is 0 Å². The van der Waals surface area contributed by atoms with Crippen molar-refractivity contribution in [2.45, 2.75) is 6.92 Å². The van der Waals surface area contributed by atoms with E-state index in [1.807, 2.05) is 31.2 Å². The number of ether oxygens (including phenoxy) is 1. The Morgan fingerprint density at radius 3 is 2.73 bits per heavy atom. The number of rotatable bonds is 2. The predicted molar refractivity (Wildman–Crippen MR) is 46.3 cm³/mol. The van der Waals surface area contributed by atoms with Gasteiger partial charge in [-0.2, -0.15) is 0 Å². The summed E-state index contributed by atoms with van der Waals surface area (Å²) in [6.07, 6.45) is 3.41. The minimum atomic E-state index is 0.658. The summed E-state index contributed by atoms with van der Waals surface area (Å²) in [5, 5.41) is 0. The van der Waals surface area contributed by atoms with E-state index in [2.05, 4.69) is 0 Å². The molecule has 0 saturated heterocycles. The number of anilines is 1. The van der Waals surface area contributed by atoms with Gasteiger partial charge in [-0.25, -0.2) is 0 Å². The largest absolute Gasteiger partial charge is 0.463 e. The zero-order chi connectivity index (χ0) is 8.10. The molecule has 2 N–H and O–H groups in total. The average Bonchev–Trinajstić information content (AvgIpc) is 2.03. The average molecular weight is 149 g/mol. The van der Waals surface area contributed by atoms with Crippen molar-refractivity contribution >= 4 is 5.69 Å². The zero-order valence-electron chi connectivity index (χ0n) is 6.45. The van der Waals surface area contributed by atoms with Gasteiger partial charge in [0.05, 0.1) is 11.9 Å². The van der Waals surface area contributed by atoms with E-state index >= 15 is 0 Å². The van der Waals surface area contributed by atoms with E-state index in [-0.39, 0.29) is 0 Å². The standard InChI is InChI=1S/C9H11NO/c1-2-7-11-9-6-4-3-5-8(9)10/h2-7H,10H2,1H3/b7-2-. The Bertz CT molecular complexity index is 255. The van der Waals surface area contributed by atoms with Gasteiger partial charge in [0, 0.05) is 0 Å². The molecule has 0 atom stereocenters. The smallest absolute Gasteiger partial charge is 0.149 e. The molecular formula is C9H11NO. The second kappa shape index (κ2) is 3.66. The number of benzene rings is 1. The lowest BCUT2D eigenvalue weighted by atomic mass is 10.3. The maximum atomic E-state index is 5.60. The number of nitrogen functional groups attached to an aromatic ring is 1. The summed E-state index contributed by atoms with van der Waals surface area (Å²) >= 11 is 0. The van der Waals surface area contributed by atoms with E-state index in [0.717, 1.165) is 0 Å². The number of allylic oxidation sites excluding steroid dienone is 1. The molecular weight excluding hydrogens is 138 g/mol. The first-order valence-corrected chi connectivity index (χ1v) is 3.47. The van der Waals surface area contributed by atoms with Crippen LogP contribution in [0.25, 0.3) is 0 Å². The molecule has 0 fully saturated rings. The molecule has 0 amide bonds. The molecule has 1 rings (SSSR count). The Balaban J connectivity index is 2.77. The molecule has 58 valence electrons. The van der Waals surface area contributed by atoms with Gasteiger partial charge in [-0.15, -0.1) is 0 Å². The summed E-state index contributed by atoms with van der Waals surface area (Å²) < 4.78 is 5.18. The molecule has 0 radical (unpaired) electrons. The van der Waals surface area contributed by atoms with Crippen molar-refractivity contribution in [3.63, 3.8) is 0 Å².